The van der Waals surface area contributed by atoms with Crippen molar-refractivity contribution in [3.63, 3.8) is 0 Å². The lowest BCUT2D eigenvalue weighted by atomic mass is 10.0. The highest BCUT2D eigenvalue weighted by Crippen LogP contribution is 2.29. The molecule has 1 aromatic carbocycles. The number of rotatable bonds is 3. The Bertz CT molecular complexity index is 644. The van der Waals surface area contributed by atoms with Gasteiger partial charge in [0.15, 0.2) is 0 Å². The Morgan fingerprint density at radius 3 is 2.78 bits per heavy atom. The van der Waals surface area contributed by atoms with Crippen molar-refractivity contribution in [1.29, 1.82) is 0 Å². The van der Waals surface area contributed by atoms with Gasteiger partial charge >= 0.3 is 0 Å². The maximum absolute atomic E-state index is 5.72. The fourth-order valence-electron chi connectivity index (χ4n) is 2.14. The molecule has 1 unspecified atom stereocenters. The third-order valence-corrected chi connectivity index (χ3v) is 3.91. The van der Waals surface area contributed by atoms with E-state index in [0.717, 1.165) is 16.5 Å². The van der Waals surface area contributed by atoms with Crippen LogP contribution in [-0.4, -0.2) is 4.98 Å². The minimum atomic E-state index is -0.0106. The van der Waals surface area contributed by atoms with Gasteiger partial charge in [-0.15, -0.1) is 11.3 Å². The van der Waals surface area contributed by atoms with Gasteiger partial charge in [0.25, 0.3) is 0 Å². The molecule has 1 atom stereocenters. The molecule has 0 aliphatic heterocycles. The van der Waals surface area contributed by atoms with Crippen molar-refractivity contribution < 1.29 is 0 Å². The molecule has 3 N–H and O–H groups in total. The van der Waals surface area contributed by atoms with Crippen LogP contribution < -0.4 is 11.3 Å². The Kier molecular flexibility index (Phi) is 3.06. The molecule has 0 saturated heterocycles. The first-order valence-corrected chi connectivity index (χ1v) is 6.61. The van der Waals surface area contributed by atoms with Gasteiger partial charge in [-0.25, -0.2) is 5.43 Å². The van der Waals surface area contributed by atoms with Crippen LogP contribution in [0.4, 0.5) is 0 Å². The summed E-state index contributed by atoms with van der Waals surface area (Å²) in [5.41, 5.74) is 4.99. The molecule has 2 heterocycles. The number of aromatic nitrogens is 1. The van der Waals surface area contributed by atoms with E-state index in [-0.39, 0.29) is 6.04 Å². The van der Waals surface area contributed by atoms with E-state index >= 15 is 0 Å². The van der Waals surface area contributed by atoms with Crippen LogP contribution in [0.3, 0.4) is 0 Å². The summed E-state index contributed by atoms with van der Waals surface area (Å²) >= 11 is 1.69. The molecule has 3 aromatic rings. The number of para-hydroxylation sites is 1. The molecule has 90 valence electrons. The second-order valence-corrected chi connectivity index (χ2v) is 5.02. The van der Waals surface area contributed by atoms with E-state index in [2.05, 4.69) is 40.1 Å². The van der Waals surface area contributed by atoms with E-state index in [0.29, 0.717) is 0 Å². The number of fused-ring (bicyclic) bond motifs is 1. The number of pyridine rings is 1. The zero-order valence-corrected chi connectivity index (χ0v) is 10.5. The first-order chi connectivity index (χ1) is 8.90. The summed E-state index contributed by atoms with van der Waals surface area (Å²) in [6.07, 6.45) is 1.81. The van der Waals surface area contributed by atoms with Gasteiger partial charge in [0.2, 0.25) is 0 Å². The topological polar surface area (TPSA) is 50.9 Å². The van der Waals surface area contributed by atoms with Crippen LogP contribution in [0.5, 0.6) is 0 Å². The number of benzene rings is 1. The SMILES string of the molecule is NNC(c1cccs1)c1cccc2cccnc12. The third-order valence-electron chi connectivity index (χ3n) is 2.97. The molecule has 0 amide bonds. The number of thiophene rings is 1. The molecule has 0 aliphatic carbocycles. The molecule has 0 radical (unpaired) electrons. The maximum Gasteiger partial charge on any atom is 0.0823 e. The number of hydrogen-bond acceptors (Lipinski definition) is 4. The molecule has 0 spiro atoms. The summed E-state index contributed by atoms with van der Waals surface area (Å²) < 4.78 is 0. The van der Waals surface area contributed by atoms with Crippen molar-refractivity contribution in [2.45, 2.75) is 6.04 Å². The van der Waals surface area contributed by atoms with Gasteiger partial charge in [0.1, 0.15) is 0 Å². The Hall–Kier alpha value is -1.75. The number of hydrazine groups is 1. The average Bonchev–Trinajstić information content (AvgIpc) is 2.94. The summed E-state index contributed by atoms with van der Waals surface area (Å²) in [6, 6.07) is 14.3. The first kappa shape index (κ1) is 11.3. The van der Waals surface area contributed by atoms with E-state index < -0.39 is 0 Å². The van der Waals surface area contributed by atoms with Gasteiger partial charge in [-0.05, 0) is 17.5 Å². The highest BCUT2D eigenvalue weighted by molar-refractivity contribution is 7.10. The number of nitrogens with zero attached hydrogens (tertiary/aromatic N) is 1. The second kappa shape index (κ2) is 4.86. The van der Waals surface area contributed by atoms with Crippen molar-refractivity contribution in [3.05, 3.63) is 64.5 Å². The van der Waals surface area contributed by atoms with Gasteiger partial charge in [-0.2, -0.15) is 0 Å². The Morgan fingerprint density at radius 1 is 1.11 bits per heavy atom. The van der Waals surface area contributed by atoms with E-state index in [9.17, 15) is 0 Å². The van der Waals surface area contributed by atoms with Crippen LogP contribution in [0.25, 0.3) is 10.9 Å². The lowest BCUT2D eigenvalue weighted by Gasteiger charge is -2.16. The molecule has 4 heteroatoms. The molecular weight excluding hydrogens is 242 g/mol. The van der Waals surface area contributed by atoms with Crippen molar-refractivity contribution in [1.82, 2.24) is 10.4 Å². The van der Waals surface area contributed by atoms with Crippen LogP contribution in [0.2, 0.25) is 0 Å². The first-order valence-electron chi connectivity index (χ1n) is 5.73. The fourth-order valence-corrected chi connectivity index (χ4v) is 2.94. The third kappa shape index (κ3) is 1.90. The Labute approximate surface area is 109 Å². The predicted octanol–water partition coefficient (Wildman–Crippen LogP) is 2.85. The zero-order valence-electron chi connectivity index (χ0n) is 9.71. The highest BCUT2D eigenvalue weighted by Gasteiger charge is 2.16. The predicted molar refractivity (Wildman–Crippen MR) is 75.2 cm³/mol. The minimum Gasteiger partial charge on any atom is -0.271 e. The molecule has 0 aliphatic rings. The van der Waals surface area contributed by atoms with Gasteiger partial charge in [-0.3, -0.25) is 10.8 Å². The van der Waals surface area contributed by atoms with Crippen molar-refractivity contribution in [3.8, 4) is 0 Å². The van der Waals surface area contributed by atoms with Crippen LogP contribution in [-0.2, 0) is 0 Å². The van der Waals surface area contributed by atoms with Crippen LogP contribution in [0.15, 0.2) is 54.0 Å². The largest absolute Gasteiger partial charge is 0.271 e. The van der Waals surface area contributed by atoms with E-state index in [1.807, 2.05) is 24.4 Å². The summed E-state index contributed by atoms with van der Waals surface area (Å²) in [5.74, 6) is 5.72. The molecular formula is C14H13N3S. The lowest BCUT2D eigenvalue weighted by molar-refractivity contribution is 0.649. The van der Waals surface area contributed by atoms with Crippen molar-refractivity contribution in [2.75, 3.05) is 0 Å². The van der Waals surface area contributed by atoms with Crippen LogP contribution in [0.1, 0.15) is 16.5 Å². The van der Waals surface area contributed by atoms with E-state index in [1.165, 1.54) is 4.88 Å². The molecule has 0 fully saturated rings. The monoisotopic (exact) mass is 255 g/mol. The molecule has 0 bridgehead atoms. The standard InChI is InChI=1S/C14H13N3S/c15-17-14(12-7-3-9-18-12)11-6-1-4-10-5-2-8-16-13(10)11/h1-9,14,17H,15H2. The normalized spacial score (nSPS) is 12.7. The lowest BCUT2D eigenvalue weighted by Crippen LogP contribution is -2.28. The summed E-state index contributed by atoms with van der Waals surface area (Å²) in [7, 11) is 0. The maximum atomic E-state index is 5.72. The molecule has 2 aromatic heterocycles. The average molecular weight is 255 g/mol. The molecule has 3 nitrogen and oxygen atoms in total. The van der Waals surface area contributed by atoms with Gasteiger partial charge < -0.3 is 0 Å². The van der Waals surface area contributed by atoms with Crippen molar-refractivity contribution in [2.24, 2.45) is 5.84 Å². The Balaban J connectivity index is 2.18. The van der Waals surface area contributed by atoms with Crippen LogP contribution >= 0.6 is 11.3 Å². The van der Waals surface area contributed by atoms with Gasteiger partial charge in [0.05, 0.1) is 11.6 Å². The summed E-state index contributed by atoms with van der Waals surface area (Å²) in [4.78, 5) is 5.66. The van der Waals surface area contributed by atoms with E-state index in [4.69, 9.17) is 5.84 Å². The van der Waals surface area contributed by atoms with Crippen LogP contribution in [0, 0.1) is 0 Å². The zero-order chi connectivity index (χ0) is 12.4. The van der Waals surface area contributed by atoms with Gasteiger partial charge in [0, 0.05) is 22.0 Å². The summed E-state index contributed by atoms with van der Waals surface area (Å²) in [6.45, 7) is 0. The van der Waals surface area contributed by atoms with Crippen molar-refractivity contribution >= 4 is 22.2 Å². The molecule has 0 saturated carbocycles. The quantitative estimate of drug-likeness (QED) is 0.559. The smallest absolute Gasteiger partial charge is 0.0823 e. The number of nitrogens with two attached hydrogens (primary N) is 1. The molecule has 18 heavy (non-hydrogen) atoms. The van der Waals surface area contributed by atoms with Gasteiger partial charge in [-0.1, -0.05) is 30.3 Å². The molecule has 3 rings (SSSR count). The fraction of sp³-hybridized carbons (Fsp3) is 0.0714. The Morgan fingerprint density at radius 2 is 2.00 bits per heavy atom. The highest BCUT2D eigenvalue weighted by atomic mass is 32.1. The second-order valence-electron chi connectivity index (χ2n) is 4.04. The number of hydrogen-bond donors (Lipinski definition) is 2. The summed E-state index contributed by atoms with van der Waals surface area (Å²) in [5, 5.41) is 3.19. The number of nitrogens with one attached hydrogen (secondary N) is 1. The minimum absolute atomic E-state index is 0.0106. The van der Waals surface area contributed by atoms with E-state index in [1.54, 1.807) is 11.3 Å².